The number of carbonyl (C=O) groups is 1. The van der Waals surface area contributed by atoms with Crippen LogP contribution in [0.3, 0.4) is 0 Å². The average molecular weight is 661 g/mol. The van der Waals surface area contributed by atoms with E-state index in [4.69, 9.17) is 37.0 Å². The van der Waals surface area contributed by atoms with Crippen LogP contribution in [-0.4, -0.2) is 81.1 Å². The summed E-state index contributed by atoms with van der Waals surface area (Å²) in [5.41, 5.74) is -2.10. The Labute approximate surface area is 269 Å². The van der Waals surface area contributed by atoms with Crippen molar-refractivity contribution < 1.29 is 46.9 Å². The van der Waals surface area contributed by atoms with Crippen LogP contribution in [0.4, 0.5) is 0 Å². The number of esters is 2. The molecule has 2 aromatic rings. The van der Waals surface area contributed by atoms with Crippen molar-refractivity contribution in [3.8, 4) is 0 Å². The first-order valence-electron chi connectivity index (χ1n) is 15.1. The van der Waals surface area contributed by atoms with E-state index in [1.165, 1.54) is 14.2 Å². The SMILES string of the molecule is CCO/C([O-])=C1\OC(CCOCOC)=[O+][C@H](CO[Si](c2ccccc2)(c2ccccc2)C(C)(C)C)[C@@]1(O[Si](C)(C)C)C(=O)OC. The number of rotatable bonds is 15. The lowest BCUT2D eigenvalue weighted by Crippen LogP contribution is -2.69. The zero-order chi connectivity index (χ0) is 33.3. The second-order valence-electron chi connectivity index (χ2n) is 12.6. The Morgan fingerprint density at radius 2 is 1.58 bits per heavy atom. The van der Waals surface area contributed by atoms with Gasteiger partial charge in [-0.2, -0.15) is 0 Å². The molecule has 0 saturated heterocycles. The van der Waals surface area contributed by atoms with Gasteiger partial charge >= 0.3 is 17.5 Å². The molecule has 3 rings (SSSR count). The maximum Gasteiger partial charge on any atom is 0.493 e. The van der Waals surface area contributed by atoms with Crippen molar-refractivity contribution in [2.45, 2.75) is 70.5 Å². The van der Waals surface area contributed by atoms with Gasteiger partial charge in [-0.1, -0.05) is 88.4 Å². The predicted molar refractivity (Wildman–Crippen MR) is 174 cm³/mol. The summed E-state index contributed by atoms with van der Waals surface area (Å²) in [6.07, 6.45) is -1.03. The summed E-state index contributed by atoms with van der Waals surface area (Å²) in [7, 11) is -2.99. The lowest BCUT2D eigenvalue weighted by molar-refractivity contribution is -0.544. The molecule has 45 heavy (non-hydrogen) atoms. The van der Waals surface area contributed by atoms with Gasteiger partial charge < -0.3 is 37.3 Å². The second-order valence-corrected chi connectivity index (χ2v) is 21.3. The van der Waals surface area contributed by atoms with Crippen LogP contribution < -0.4 is 15.5 Å². The molecular formula is C33H48O10Si2. The van der Waals surface area contributed by atoms with Crippen LogP contribution in [0.2, 0.25) is 24.7 Å². The van der Waals surface area contributed by atoms with E-state index in [-0.39, 0.29) is 49.8 Å². The standard InChI is InChI=1S/C33H48O10Si2/c1-10-39-30(34)29-33(31(35)37-6,43-44(7,8)9)27(41-28(42-29)21-22-38-24-36-5)23-40-45(32(2,3)4,25-17-13-11-14-18-25)26-19-15-12-16-20-26/h11-20,27H,10,21-24H2,1-9H3/b30-29-/t27-,33+/m1/s1. The minimum absolute atomic E-state index is 0.0479. The molecule has 0 unspecified atom stereocenters. The van der Waals surface area contributed by atoms with Gasteiger partial charge in [0.15, 0.2) is 8.32 Å². The summed E-state index contributed by atoms with van der Waals surface area (Å²) < 4.78 is 47.5. The molecule has 0 aliphatic carbocycles. The molecule has 0 aromatic heterocycles. The van der Waals surface area contributed by atoms with E-state index >= 15 is 0 Å². The van der Waals surface area contributed by atoms with E-state index in [2.05, 4.69) is 45.0 Å². The Kier molecular flexibility index (Phi) is 12.6. The van der Waals surface area contributed by atoms with Crippen molar-refractivity contribution in [1.29, 1.82) is 0 Å². The molecule has 0 bridgehead atoms. The minimum Gasteiger partial charge on any atom is -0.609 e. The molecule has 0 spiro atoms. The Balaban J connectivity index is 2.29. The fraction of sp³-hybridized carbons (Fsp3) is 0.515. The Morgan fingerprint density at radius 3 is 2.04 bits per heavy atom. The van der Waals surface area contributed by atoms with Gasteiger partial charge in [0, 0.05) is 7.11 Å². The molecule has 10 nitrogen and oxygen atoms in total. The second kappa shape index (κ2) is 15.5. The zero-order valence-corrected chi connectivity index (χ0v) is 30.0. The van der Waals surface area contributed by atoms with Crippen LogP contribution in [0.15, 0.2) is 72.4 Å². The van der Waals surface area contributed by atoms with Gasteiger partial charge in [0.05, 0.1) is 13.7 Å². The van der Waals surface area contributed by atoms with E-state index < -0.39 is 40.3 Å². The highest BCUT2D eigenvalue weighted by Gasteiger charge is 2.67. The van der Waals surface area contributed by atoms with Crippen LogP contribution in [0.1, 0.15) is 34.1 Å². The topological polar surface area (TPSA) is 116 Å². The smallest absolute Gasteiger partial charge is 0.493 e. The van der Waals surface area contributed by atoms with E-state index in [0.29, 0.717) is 0 Å². The zero-order valence-electron chi connectivity index (χ0n) is 28.0. The highest BCUT2D eigenvalue weighted by molar-refractivity contribution is 6.99. The fourth-order valence-electron chi connectivity index (χ4n) is 5.53. The van der Waals surface area contributed by atoms with Crippen molar-refractivity contribution in [3.05, 3.63) is 72.4 Å². The lowest BCUT2D eigenvalue weighted by atomic mass is 9.93. The lowest BCUT2D eigenvalue weighted by Gasteiger charge is -2.44. The van der Waals surface area contributed by atoms with Crippen LogP contribution in [-0.2, 0) is 41.8 Å². The van der Waals surface area contributed by atoms with E-state index in [1.807, 2.05) is 56.0 Å². The maximum atomic E-state index is 14.0. The summed E-state index contributed by atoms with van der Waals surface area (Å²) >= 11 is 0. The third-order valence-electron chi connectivity index (χ3n) is 7.22. The summed E-state index contributed by atoms with van der Waals surface area (Å²) in [4.78, 5) is 14.0. The first kappa shape index (κ1) is 36.5. The summed E-state index contributed by atoms with van der Waals surface area (Å²) in [5.74, 6) is -2.00. The maximum absolute atomic E-state index is 14.0. The number of hydrogen-bond acceptors (Lipinski definition) is 9. The number of cyclic esters (lactones) is 1. The van der Waals surface area contributed by atoms with Crippen molar-refractivity contribution >= 4 is 38.9 Å². The number of benzene rings is 2. The summed E-state index contributed by atoms with van der Waals surface area (Å²) in [6, 6.07) is 20.2. The van der Waals surface area contributed by atoms with Gasteiger partial charge in [0.2, 0.25) is 0 Å². The Morgan fingerprint density at radius 1 is 1.00 bits per heavy atom. The van der Waals surface area contributed by atoms with Gasteiger partial charge in [-0.05, 0) is 41.7 Å². The van der Waals surface area contributed by atoms with E-state index in [0.717, 1.165) is 10.4 Å². The van der Waals surface area contributed by atoms with Gasteiger partial charge in [-0.15, -0.1) is 0 Å². The molecular weight excluding hydrogens is 613 g/mol. The number of carbonyl (C=O) groups excluding carboxylic acids is 2. The monoisotopic (exact) mass is 660 g/mol. The predicted octanol–water partition coefficient (Wildman–Crippen LogP) is 3.36. The highest BCUT2D eigenvalue weighted by atomic mass is 28.4. The molecule has 1 aliphatic rings. The molecule has 0 N–H and O–H groups in total. The first-order valence-corrected chi connectivity index (χ1v) is 20.4. The molecule has 2 atom stereocenters. The third-order valence-corrected chi connectivity index (χ3v) is 13.2. The Bertz CT molecular complexity index is 1260. The molecule has 1 heterocycles. The highest BCUT2D eigenvalue weighted by Crippen LogP contribution is 2.41. The van der Waals surface area contributed by atoms with Crippen molar-refractivity contribution in [3.63, 3.8) is 0 Å². The van der Waals surface area contributed by atoms with Crippen LogP contribution in [0.25, 0.3) is 0 Å². The van der Waals surface area contributed by atoms with Gasteiger partial charge in [0.25, 0.3) is 20.2 Å². The Hall–Kier alpha value is -3.01. The fourth-order valence-corrected chi connectivity index (χ4v) is 11.4. The molecule has 0 saturated carbocycles. The molecule has 2 aromatic carbocycles. The number of hydrogen-bond donors (Lipinski definition) is 0. The average Bonchev–Trinajstić information content (AvgIpc) is 2.99. The van der Waals surface area contributed by atoms with Crippen LogP contribution in [0, 0.1) is 0 Å². The van der Waals surface area contributed by atoms with E-state index in [9.17, 15) is 9.90 Å². The molecule has 0 radical (unpaired) electrons. The third kappa shape index (κ3) is 8.24. The number of methoxy groups -OCH3 is 2. The van der Waals surface area contributed by atoms with Crippen molar-refractivity contribution in [1.82, 2.24) is 0 Å². The minimum atomic E-state index is -3.12. The first-order chi connectivity index (χ1) is 21.3. The molecule has 0 amide bonds. The van der Waals surface area contributed by atoms with Crippen LogP contribution in [0.5, 0.6) is 0 Å². The summed E-state index contributed by atoms with van der Waals surface area (Å²) in [6.45, 7) is 14.0. The van der Waals surface area contributed by atoms with Crippen molar-refractivity contribution in [2.75, 3.05) is 40.8 Å². The summed E-state index contributed by atoms with van der Waals surface area (Å²) in [5, 5.41) is 15.3. The molecule has 1 aliphatic heterocycles. The number of ether oxygens (including phenoxy) is 5. The van der Waals surface area contributed by atoms with Gasteiger partial charge in [-0.25, -0.2) is 4.79 Å². The normalized spacial score (nSPS) is 20.2. The molecule has 12 heteroatoms. The largest absolute Gasteiger partial charge is 0.609 e. The van der Waals surface area contributed by atoms with E-state index in [1.54, 1.807) is 6.92 Å². The van der Waals surface area contributed by atoms with Gasteiger partial charge in [-0.3, -0.25) is 4.74 Å². The quantitative estimate of drug-likeness (QED) is 0.0708. The molecule has 0 fully saturated rings. The van der Waals surface area contributed by atoms with Crippen molar-refractivity contribution in [2.24, 2.45) is 0 Å². The van der Waals surface area contributed by atoms with Gasteiger partial charge in [0.1, 0.15) is 25.8 Å². The molecule has 248 valence electrons. The van der Waals surface area contributed by atoms with Crippen LogP contribution >= 0.6 is 0 Å².